The fourth-order valence-corrected chi connectivity index (χ4v) is 6.52. The summed E-state index contributed by atoms with van der Waals surface area (Å²) in [7, 11) is 0. The average Bonchev–Trinajstić information content (AvgIpc) is 3.31. The lowest BCUT2D eigenvalue weighted by Gasteiger charge is -2.37. The summed E-state index contributed by atoms with van der Waals surface area (Å²) >= 11 is 0. The fourth-order valence-electron chi connectivity index (χ4n) is 6.52. The van der Waals surface area contributed by atoms with Gasteiger partial charge >= 0.3 is 0 Å². The van der Waals surface area contributed by atoms with Crippen LogP contribution in [0.25, 0.3) is 6.08 Å². The maximum atomic E-state index is 15.5. The van der Waals surface area contributed by atoms with Crippen LogP contribution in [0.1, 0.15) is 51.6 Å². The van der Waals surface area contributed by atoms with Crippen molar-refractivity contribution in [2.45, 2.75) is 31.8 Å². The van der Waals surface area contributed by atoms with Crippen LogP contribution in [0.15, 0.2) is 72.8 Å². The molecule has 1 fully saturated rings. The Bertz CT molecular complexity index is 1520. The number of fused-ring (bicyclic) bond motifs is 5. The molecule has 2 heterocycles. The highest BCUT2D eigenvalue weighted by Crippen LogP contribution is 2.61. The van der Waals surface area contributed by atoms with Crippen molar-refractivity contribution in [2.75, 3.05) is 10.2 Å². The van der Waals surface area contributed by atoms with Crippen LogP contribution >= 0.6 is 0 Å². The second-order valence-electron chi connectivity index (χ2n) is 9.76. The van der Waals surface area contributed by atoms with Crippen molar-refractivity contribution in [3.05, 3.63) is 101 Å². The molecule has 1 unspecified atom stereocenters. The zero-order valence-corrected chi connectivity index (χ0v) is 20.2. The average molecular weight is 495 g/mol. The Kier molecular flexibility index (Phi) is 5.02. The van der Waals surface area contributed by atoms with Gasteiger partial charge in [-0.2, -0.15) is 0 Å². The first-order valence-corrected chi connectivity index (χ1v) is 12.1. The number of nitrogens with one attached hydrogen (secondary N) is 1. The second-order valence-corrected chi connectivity index (χ2v) is 9.76. The van der Waals surface area contributed by atoms with E-state index in [1.165, 1.54) is 19.9 Å². The lowest BCUT2D eigenvalue weighted by Crippen LogP contribution is -2.48. The molecule has 184 valence electrons. The molecule has 1 spiro atoms. The highest BCUT2D eigenvalue weighted by Gasteiger charge is 2.71. The smallest absolute Gasteiger partial charge is 0.221 e. The van der Waals surface area contributed by atoms with Gasteiger partial charge in [-0.1, -0.05) is 60.7 Å². The Balaban J connectivity index is 1.67. The zero-order chi connectivity index (χ0) is 26.1. The van der Waals surface area contributed by atoms with Gasteiger partial charge in [-0.3, -0.25) is 19.2 Å². The van der Waals surface area contributed by atoms with E-state index in [0.717, 1.165) is 0 Å². The van der Waals surface area contributed by atoms with Crippen molar-refractivity contribution in [3.63, 3.8) is 0 Å². The maximum absolute atomic E-state index is 15.5. The van der Waals surface area contributed by atoms with Gasteiger partial charge in [0.2, 0.25) is 5.91 Å². The molecule has 3 aromatic rings. The van der Waals surface area contributed by atoms with E-state index < -0.39 is 40.8 Å². The first-order chi connectivity index (χ1) is 17.8. The number of hydrogen-bond acceptors (Lipinski definition) is 5. The van der Waals surface area contributed by atoms with Crippen molar-refractivity contribution in [1.29, 1.82) is 0 Å². The second kappa shape index (κ2) is 8.06. The van der Waals surface area contributed by atoms with Crippen molar-refractivity contribution in [1.82, 2.24) is 0 Å². The van der Waals surface area contributed by atoms with Crippen LogP contribution in [0, 0.1) is 11.2 Å². The highest BCUT2D eigenvalue weighted by molar-refractivity contribution is 6.32. The number of halogens is 1. The molecule has 6 nitrogen and oxygen atoms in total. The molecule has 1 saturated heterocycles. The molecule has 1 aliphatic carbocycles. The van der Waals surface area contributed by atoms with Gasteiger partial charge in [0, 0.05) is 35.2 Å². The molecule has 7 heteroatoms. The highest BCUT2D eigenvalue weighted by atomic mass is 19.1. The van der Waals surface area contributed by atoms with Crippen molar-refractivity contribution in [3.8, 4) is 0 Å². The number of carbonyl (C=O) groups is 4. The van der Waals surface area contributed by atoms with E-state index in [2.05, 4.69) is 5.32 Å². The topological polar surface area (TPSA) is 83.6 Å². The first-order valence-electron chi connectivity index (χ1n) is 12.1. The zero-order valence-electron chi connectivity index (χ0n) is 20.2. The lowest BCUT2D eigenvalue weighted by atomic mass is 9.64. The predicted octanol–water partition coefficient (Wildman–Crippen LogP) is 4.81. The van der Waals surface area contributed by atoms with E-state index >= 15 is 4.39 Å². The molecular weight excluding hydrogens is 471 g/mol. The van der Waals surface area contributed by atoms with Crippen LogP contribution in [0.2, 0.25) is 0 Å². The monoisotopic (exact) mass is 494 g/mol. The third-order valence-electron chi connectivity index (χ3n) is 7.81. The molecular formula is C30H23FN2O4. The third kappa shape index (κ3) is 2.97. The molecule has 0 bridgehead atoms. The molecule has 1 N–H and O–H groups in total. The number of hydrogen-bond donors (Lipinski definition) is 1. The van der Waals surface area contributed by atoms with Gasteiger partial charge in [-0.15, -0.1) is 0 Å². The van der Waals surface area contributed by atoms with Gasteiger partial charge in [0.15, 0.2) is 17.3 Å². The molecule has 3 atom stereocenters. The molecule has 6 rings (SSSR count). The van der Waals surface area contributed by atoms with Crippen molar-refractivity contribution >= 4 is 40.7 Å². The molecule has 0 saturated carbocycles. The normalized spacial score (nSPS) is 22.6. The van der Waals surface area contributed by atoms with E-state index in [-0.39, 0.29) is 28.4 Å². The maximum Gasteiger partial charge on any atom is 0.221 e. The molecule has 3 aromatic carbocycles. The van der Waals surface area contributed by atoms with Crippen LogP contribution in [-0.2, 0) is 9.59 Å². The predicted molar refractivity (Wildman–Crippen MR) is 137 cm³/mol. The number of amides is 1. The number of benzene rings is 3. The summed E-state index contributed by atoms with van der Waals surface area (Å²) in [6.45, 7) is 2.81. The van der Waals surface area contributed by atoms with Crippen molar-refractivity contribution < 1.29 is 23.6 Å². The SMILES string of the molecule is CC(=O)Nc1cccc2c1C=CC1N2[C@@H](C(C)=O)[C@H](c2ccccc2F)C12C(=O)c1ccccc1C2=O. The summed E-state index contributed by atoms with van der Waals surface area (Å²) in [6, 6.07) is 16.1. The minimum atomic E-state index is -1.74. The summed E-state index contributed by atoms with van der Waals surface area (Å²) < 4.78 is 15.5. The van der Waals surface area contributed by atoms with E-state index in [1.54, 1.807) is 77.7 Å². The largest absolute Gasteiger partial charge is 0.352 e. The van der Waals surface area contributed by atoms with Gasteiger partial charge in [-0.25, -0.2) is 4.39 Å². The summed E-state index contributed by atoms with van der Waals surface area (Å²) in [4.78, 5) is 55.7. The van der Waals surface area contributed by atoms with Gasteiger partial charge in [0.25, 0.3) is 0 Å². The van der Waals surface area contributed by atoms with E-state index in [9.17, 15) is 19.2 Å². The molecule has 0 aromatic heterocycles. The lowest BCUT2D eigenvalue weighted by molar-refractivity contribution is -0.118. The molecule has 1 amide bonds. The van der Waals surface area contributed by atoms with Crippen LogP contribution in [-0.4, -0.2) is 35.3 Å². The van der Waals surface area contributed by atoms with Crippen molar-refractivity contribution in [2.24, 2.45) is 5.41 Å². The Morgan fingerprint density at radius 2 is 1.54 bits per heavy atom. The van der Waals surface area contributed by atoms with E-state index in [0.29, 0.717) is 16.9 Å². The Labute approximate surface area is 212 Å². The first kappa shape index (κ1) is 23.0. The Hall–Kier alpha value is -4.39. The minimum Gasteiger partial charge on any atom is -0.352 e. The van der Waals surface area contributed by atoms with E-state index in [4.69, 9.17) is 0 Å². The van der Waals surface area contributed by atoms with Gasteiger partial charge in [0.05, 0.1) is 17.8 Å². The van der Waals surface area contributed by atoms with Gasteiger partial charge in [0.1, 0.15) is 11.2 Å². The van der Waals surface area contributed by atoms with E-state index in [1.807, 2.05) is 0 Å². The Morgan fingerprint density at radius 3 is 2.16 bits per heavy atom. The number of nitrogens with zero attached hydrogens (tertiary/aromatic N) is 1. The summed E-state index contributed by atoms with van der Waals surface area (Å²) in [5.41, 5.74) is 0.764. The Morgan fingerprint density at radius 1 is 0.892 bits per heavy atom. The minimum absolute atomic E-state index is 0.152. The fraction of sp³-hybridized carbons (Fsp3) is 0.200. The summed E-state index contributed by atoms with van der Waals surface area (Å²) in [5, 5.41) is 2.81. The molecule has 0 radical (unpaired) electrons. The standard InChI is InChI=1S/C30H23FN2O4/c1-16(34)27-26(20-10-5-6-11-22(20)31)30(28(36)18-8-3-4-9-19(18)29(30)37)25-15-14-21-23(32-17(2)35)12-7-13-24(21)33(25)27/h3-15,25-27H,1-2H3,(H,32,35)/t25?,26-,27-/m0/s1. The number of ketones is 3. The van der Waals surface area contributed by atoms with Crippen LogP contribution in [0.3, 0.4) is 0 Å². The molecule has 2 aliphatic heterocycles. The number of anilines is 2. The number of carbonyl (C=O) groups excluding carboxylic acids is 4. The van der Waals surface area contributed by atoms with Crippen LogP contribution in [0.5, 0.6) is 0 Å². The third-order valence-corrected chi connectivity index (χ3v) is 7.81. The van der Waals surface area contributed by atoms with Crippen LogP contribution in [0.4, 0.5) is 15.8 Å². The van der Waals surface area contributed by atoms with Gasteiger partial charge < -0.3 is 10.2 Å². The quantitative estimate of drug-likeness (QED) is 0.529. The number of Topliss-reactive ketones (excluding diaryl/α,β-unsaturated/α-hetero) is 3. The van der Waals surface area contributed by atoms with Crippen LogP contribution < -0.4 is 10.2 Å². The van der Waals surface area contributed by atoms with Gasteiger partial charge in [-0.05, 0) is 30.7 Å². The molecule has 37 heavy (non-hydrogen) atoms. The molecule has 3 aliphatic rings. The summed E-state index contributed by atoms with van der Waals surface area (Å²) in [5.74, 6) is -3.02. The number of rotatable bonds is 3. The summed E-state index contributed by atoms with van der Waals surface area (Å²) in [6.07, 6.45) is 3.51.